The van der Waals surface area contributed by atoms with Gasteiger partial charge in [0.05, 0.1) is 18.1 Å². The Morgan fingerprint density at radius 1 is 1.45 bits per heavy atom. The van der Waals surface area contributed by atoms with Crippen LogP contribution < -0.4 is 10.1 Å². The highest BCUT2D eigenvalue weighted by Gasteiger charge is 2.17. The third kappa shape index (κ3) is 4.79. The molecule has 1 aromatic rings. The van der Waals surface area contributed by atoms with Gasteiger partial charge in [-0.1, -0.05) is 13.0 Å². The minimum Gasteiger partial charge on any atom is -0.487 e. The first-order valence-electron chi connectivity index (χ1n) is 6.68. The second kappa shape index (κ2) is 8.50. The predicted octanol–water partition coefficient (Wildman–Crippen LogP) is 2.16. The highest BCUT2D eigenvalue weighted by Crippen LogP contribution is 2.28. The van der Waals surface area contributed by atoms with E-state index in [4.69, 9.17) is 9.47 Å². The zero-order chi connectivity index (χ0) is 15.0. The molecule has 0 saturated carbocycles. The van der Waals surface area contributed by atoms with Crippen molar-refractivity contribution < 1.29 is 14.4 Å². The highest BCUT2D eigenvalue weighted by atomic mass is 16.6. The molecule has 1 aromatic carbocycles. The van der Waals surface area contributed by atoms with Crippen molar-refractivity contribution in [2.75, 3.05) is 27.4 Å². The van der Waals surface area contributed by atoms with Crippen molar-refractivity contribution in [3.05, 3.63) is 33.9 Å². The number of nitro benzene ring substituents is 1. The summed E-state index contributed by atoms with van der Waals surface area (Å²) in [6.45, 7) is 3.02. The molecular formula is C14H22N2O4. The lowest BCUT2D eigenvalue weighted by Gasteiger charge is -2.15. The minimum atomic E-state index is -0.417. The van der Waals surface area contributed by atoms with Crippen molar-refractivity contribution >= 4 is 5.69 Å². The maximum absolute atomic E-state index is 11.0. The van der Waals surface area contributed by atoms with Crippen LogP contribution in [-0.2, 0) is 11.2 Å². The smallest absolute Gasteiger partial charge is 0.310 e. The van der Waals surface area contributed by atoms with Crippen molar-refractivity contribution in [1.82, 2.24) is 5.32 Å². The molecule has 0 aromatic heterocycles. The molecule has 6 nitrogen and oxygen atoms in total. The average molecular weight is 282 g/mol. The molecule has 0 aliphatic rings. The van der Waals surface area contributed by atoms with E-state index in [0.717, 1.165) is 18.4 Å². The van der Waals surface area contributed by atoms with Gasteiger partial charge in [-0.3, -0.25) is 10.1 Å². The van der Waals surface area contributed by atoms with E-state index in [2.05, 4.69) is 5.32 Å². The van der Waals surface area contributed by atoms with E-state index in [9.17, 15) is 10.1 Å². The molecule has 0 bridgehead atoms. The Bertz CT molecular complexity index is 437. The quantitative estimate of drug-likeness (QED) is 0.555. The fourth-order valence-corrected chi connectivity index (χ4v) is 1.89. The molecular weight excluding hydrogens is 260 g/mol. The standard InChI is InChI=1S/C14H22N2O4/c1-4-7-20-14-9-11(5-6-13(14)16(17)18)8-12(15-2)10-19-3/h5-6,9,12,15H,4,7-8,10H2,1-3H3. The highest BCUT2D eigenvalue weighted by molar-refractivity contribution is 5.48. The molecule has 0 saturated heterocycles. The van der Waals surface area contributed by atoms with E-state index in [-0.39, 0.29) is 11.7 Å². The van der Waals surface area contributed by atoms with Gasteiger partial charge in [-0.05, 0) is 31.5 Å². The van der Waals surface area contributed by atoms with Crippen LogP contribution in [0.2, 0.25) is 0 Å². The summed E-state index contributed by atoms with van der Waals surface area (Å²) in [6.07, 6.45) is 1.54. The fraction of sp³-hybridized carbons (Fsp3) is 0.571. The molecule has 0 amide bonds. The molecule has 0 fully saturated rings. The number of nitrogens with one attached hydrogen (secondary N) is 1. The third-order valence-electron chi connectivity index (χ3n) is 2.94. The summed E-state index contributed by atoms with van der Waals surface area (Å²) in [5.74, 6) is 0.335. The summed E-state index contributed by atoms with van der Waals surface area (Å²) in [5, 5.41) is 14.1. The van der Waals surface area contributed by atoms with Gasteiger partial charge in [0.2, 0.25) is 0 Å². The maximum Gasteiger partial charge on any atom is 0.310 e. The van der Waals surface area contributed by atoms with Crippen molar-refractivity contribution in [2.24, 2.45) is 0 Å². The van der Waals surface area contributed by atoms with E-state index < -0.39 is 4.92 Å². The lowest BCUT2D eigenvalue weighted by atomic mass is 10.1. The van der Waals surface area contributed by atoms with Crippen molar-refractivity contribution in [3.8, 4) is 5.75 Å². The summed E-state index contributed by atoms with van der Waals surface area (Å²) in [4.78, 5) is 10.6. The predicted molar refractivity (Wildman–Crippen MR) is 77.3 cm³/mol. The van der Waals surface area contributed by atoms with Gasteiger partial charge in [-0.25, -0.2) is 0 Å². The van der Waals surface area contributed by atoms with Crippen molar-refractivity contribution in [1.29, 1.82) is 0 Å². The van der Waals surface area contributed by atoms with Gasteiger partial charge < -0.3 is 14.8 Å². The molecule has 1 unspecified atom stereocenters. The van der Waals surface area contributed by atoms with Crippen LogP contribution in [0.15, 0.2) is 18.2 Å². The van der Waals surface area contributed by atoms with E-state index >= 15 is 0 Å². The molecule has 0 spiro atoms. The first-order valence-corrected chi connectivity index (χ1v) is 6.68. The molecule has 20 heavy (non-hydrogen) atoms. The summed E-state index contributed by atoms with van der Waals surface area (Å²) in [7, 11) is 3.51. The lowest BCUT2D eigenvalue weighted by Crippen LogP contribution is -2.32. The second-order valence-corrected chi connectivity index (χ2v) is 4.55. The van der Waals surface area contributed by atoms with E-state index in [0.29, 0.717) is 19.0 Å². The molecule has 0 heterocycles. The molecule has 0 aliphatic carbocycles. The number of benzene rings is 1. The normalized spacial score (nSPS) is 12.2. The second-order valence-electron chi connectivity index (χ2n) is 4.55. The number of likely N-dealkylation sites (N-methyl/N-ethyl adjacent to an activating group) is 1. The van der Waals surface area contributed by atoms with Gasteiger partial charge in [-0.2, -0.15) is 0 Å². The fourth-order valence-electron chi connectivity index (χ4n) is 1.89. The Hall–Kier alpha value is -1.66. The monoisotopic (exact) mass is 282 g/mol. The lowest BCUT2D eigenvalue weighted by molar-refractivity contribution is -0.385. The number of nitrogens with zero attached hydrogens (tertiary/aromatic N) is 1. The summed E-state index contributed by atoms with van der Waals surface area (Å²) >= 11 is 0. The molecule has 1 atom stereocenters. The van der Waals surface area contributed by atoms with Crippen LogP contribution in [0.4, 0.5) is 5.69 Å². The van der Waals surface area contributed by atoms with Gasteiger partial charge in [0.15, 0.2) is 5.75 Å². The van der Waals surface area contributed by atoms with Crippen LogP contribution >= 0.6 is 0 Å². The number of methoxy groups -OCH3 is 1. The Labute approximate surface area is 119 Å². The zero-order valence-corrected chi connectivity index (χ0v) is 12.2. The number of rotatable bonds is 9. The Morgan fingerprint density at radius 3 is 2.75 bits per heavy atom. The molecule has 0 aliphatic heterocycles. The van der Waals surface area contributed by atoms with Gasteiger partial charge in [0.1, 0.15) is 0 Å². The van der Waals surface area contributed by atoms with Gasteiger partial charge in [0.25, 0.3) is 0 Å². The summed E-state index contributed by atoms with van der Waals surface area (Å²) in [6, 6.07) is 5.17. The largest absolute Gasteiger partial charge is 0.487 e. The first kappa shape index (κ1) is 16.4. The summed E-state index contributed by atoms with van der Waals surface area (Å²) in [5.41, 5.74) is 0.994. The Morgan fingerprint density at radius 2 is 2.20 bits per heavy atom. The third-order valence-corrected chi connectivity index (χ3v) is 2.94. The van der Waals surface area contributed by atoms with Crippen LogP contribution in [0.25, 0.3) is 0 Å². The number of ether oxygens (including phenoxy) is 2. The van der Waals surface area contributed by atoms with Crippen LogP contribution in [0.3, 0.4) is 0 Å². The van der Waals surface area contributed by atoms with Crippen LogP contribution in [-0.4, -0.2) is 38.3 Å². The van der Waals surface area contributed by atoms with Crippen LogP contribution in [0.1, 0.15) is 18.9 Å². The number of hydrogen-bond acceptors (Lipinski definition) is 5. The van der Waals surface area contributed by atoms with Crippen molar-refractivity contribution in [3.63, 3.8) is 0 Å². The van der Waals surface area contributed by atoms with Gasteiger partial charge >= 0.3 is 5.69 Å². The van der Waals surface area contributed by atoms with Crippen molar-refractivity contribution in [2.45, 2.75) is 25.8 Å². The first-order chi connectivity index (χ1) is 9.62. The Kier molecular flexibility index (Phi) is 6.97. The van der Waals surface area contributed by atoms with E-state index in [1.54, 1.807) is 19.2 Å². The maximum atomic E-state index is 11.0. The topological polar surface area (TPSA) is 73.6 Å². The molecule has 112 valence electrons. The zero-order valence-electron chi connectivity index (χ0n) is 12.2. The van der Waals surface area contributed by atoms with E-state index in [1.807, 2.05) is 14.0 Å². The van der Waals surface area contributed by atoms with Gasteiger partial charge in [-0.15, -0.1) is 0 Å². The minimum absolute atomic E-state index is 0.00921. The molecule has 0 radical (unpaired) electrons. The van der Waals surface area contributed by atoms with E-state index in [1.165, 1.54) is 6.07 Å². The molecule has 1 rings (SSSR count). The van der Waals surface area contributed by atoms with Crippen LogP contribution in [0, 0.1) is 10.1 Å². The molecule has 1 N–H and O–H groups in total. The number of nitro groups is 1. The molecule has 6 heteroatoms. The average Bonchev–Trinajstić information content (AvgIpc) is 2.44. The van der Waals surface area contributed by atoms with Crippen LogP contribution in [0.5, 0.6) is 5.75 Å². The SMILES string of the molecule is CCCOc1cc(CC(COC)NC)ccc1[N+](=O)[O-]. The van der Waals surface area contributed by atoms with Gasteiger partial charge in [0, 0.05) is 19.2 Å². The number of hydrogen-bond donors (Lipinski definition) is 1. The Balaban J connectivity index is 2.90. The summed E-state index contributed by atoms with van der Waals surface area (Å²) < 4.78 is 10.6.